The number of carbonyl (C=O) groups excluding carboxylic acids is 1. The number of hydrogen-bond acceptors (Lipinski definition) is 5. The van der Waals surface area contributed by atoms with Crippen molar-refractivity contribution >= 4 is 28.9 Å². The lowest BCUT2D eigenvalue weighted by molar-refractivity contribution is -0.130. The molecule has 1 aromatic rings. The molecule has 6 nitrogen and oxygen atoms in total. The molecule has 1 aliphatic rings. The highest BCUT2D eigenvalue weighted by molar-refractivity contribution is 7.80. The van der Waals surface area contributed by atoms with Crippen LogP contribution in [0, 0.1) is 0 Å². The first-order valence-corrected chi connectivity index (χ1v) is 6.66. The maximum absolute atomic E-state index is 12.1. The van der Waals surface area contributed by atoms with E-state index in [1.54, 1.807) is 0 Å². The van der Waals surface area contributed by atoms with Gasteiger partial charge in [0.1, 0.15) is 22.5 Å². The highest BCUT2D eigenvalue weighted by atomic mass is 32.1. The molecule has 1 saturated heterocycles. The Morgan fingerprint density at radius 1 is 1.42 bits per heavy atom. The average Bonchev–Trinajstić information content (AvgIpc) is 2.92. The SMILES string of the molecule is CC(Nc1cnc(C(N)=S)cn1)C(=O)N1CCCC1. The Morgan fingerprint density at radius 3 is 2.63 bits per heavy atom. The highest BCUT2D eigenvalue weighted by Crippen LogP contribution is 2.11. The molecule has 2 heterocycles. The summed E-state index contributed by atoms with van der Waals surface area (Å²) in [5, 5.41) is 3.04. The van der Waals surface area contributed by atoms with Gasteiger partial charge in [-0.15, -0.1) is 0 Å². The smallest absolute Gasteiger partial charge is 0.244 e. The Hall–Kier alpha value is -1.76. The second kappa shape index (κ2) is 5.92. The number of rotatable bonds is 4. The van der Waals surface area contributed by atoms with Gasteiger partial charge in [0, 0.05) is 13.1 Å². The molecule has 3 N–H and O–H groups in total. The summed E-state index contributed by atoms with van der Waals surface area (Å²) in [5.41, 5.74) is 5.92. The number of anilines is 1. The second-order valence-electron chi connectivity index (χ2n) is 4.55. The first-order chi connectivity index (χ1) is 9.08. The van der Waals surface area contributed by atoms with Gasteiger partial charge in [0.15, 0.2) is 0 Å². The van der Waals surface area contributed by atoms with Crippen molar-refractivity contribution in [2.75, 3.05) is 18.4 Å². The summed E-state index contributed by atoms with van der Waals surface area (Å²) < 4.78 is 0. The van der Waals surface area contributed by atoms with Crippen LogP contribution in [-0.2, 0) is 4.79 Å². The van der Waals surface area contributed by atoms with Gasteiger partial charge in [-0.2, -0.15) is 0 Å². The van der Waals surface area contributed by atoms with E-state index >= 15 is 0 Å². The van der Waals surface area contributed by atoms with Gasteiger partial charge in [-0.25, -0.2) is 9.97 Å². The molecule has 7 heteroatoms. The molecule has 0 aliphatic carbocycles. The van der Waals surface area contributed by atoms with E-state index in [-0.39, 0.29) is 16.9 Å². The van der Waals surface area contributed by atoms with Crippen molar-refractivity contribution in [2.45, 2.75) is 25.8 Å². The Labute approximate surface area is 117 Å². The molecule has 1 amide bonds. The van der Waals surface area contributed by atoms with E-state index in [0.717, 1.165) is 25.9 Å². The summed E-state index contributed by atoms with van der Waals surface area (Å²) in [6.07, 6.45) is 5.20. The third kappa shape index (κ3) is 3.37. The minimum Gasteiger partial charge on any atom is -0.388 e. The van der Waals surface area contributed by atoms with E-state index < -0.39 is 0 Å². The molecule has 1 fully saturated rings. The van der Waals surface area contributed by atoms with Gasteiger partial charge >= 0.3 is 0 Å². The van der Waals surface area contributed by atoms with E-state index in [1.807, 2.05) is 11.8 Å². The van der Waals surface area contributed by atoms with Crippen LogP contribution in [0.4, 0.5) is 5.82 Å². The van der Waals surface area contributed by atoms with E-state index in [0.29, 0.717) is 11.5 Å². The van der Waals surface area contributed by atoms with Crippen molar-refractivity contribution in [3.8, 4) is 0 Å². The monoisotopic (exact) mass is 279 g/mol. The van der Waals surface area contributed by atoms with Crippen LogP contribution < -0.4 is 11.1 Å². The van der Waals surface area contributed by atoms with Crippen molar-refractivity contribution in [3.63, 3.8) is 0 Å². The molecule has 0 spiro atoms. The zero-order valence-electron chi connectivity index (χ0n) is 10.8. The number of nitrogens with one attached hydrogen (secondary N) is 1. The zero-order chi connectivity index (χ0) is 13.8. The van der Waals surface area contributed by atoms with Crippen LogP contribution in [0.5, 0.6) is 0 Å². The number of nitrogens with zero attached hydrogens (tertiary/aromatic N) is 3. The molecular weight excluding hydrogens is 262 g/mol. The van der Waals surface area contributed by atoms with Crippen LogP contribution in [-0.4, -0.2) is 44.9 Å². The third-order valence-corrected chi connectivity index (χ3v) is 3.27. The third-order valence-electron chi connectivity index (χ3n) is 3.06. The van der Waals surface area contributed by atoms with Crippen molar-refractivity contribution in [2.24, 2.45) is 5.73 Å². The average molecular weight is 279 g/mol. The molecule has 2 rings (SSSR count). The normalized spacial score (nSPS) is 16.2. The summed E-state index contributed by atoms with van der Waals surface area (Å²) in [6.45, 7) is 3.51. The number of hydrogen-bond donors (Lipinski definition) is 2. The van der Waals surface area contributed by atoms with Crippen LogP contribution in [0.2, 0.25) is 0 Å². The molecule has 0 bridgehead atoms. The zero-order valence-corrected chi connectivity index (χ0v) is 11.6. The van der Waals surface area contributed by atoms with Crippen LogP contribution in [0.15, 0.2) is 12.4 Å². The summed E-state index contributed by atoms with van der Waals surface area (Å²) >= 11 is 4.80. The van der Waals surface area contributed by atoms with Gasteiger partial charge in [-0.05, 0) is 19.8 Å². The Morgan fingerprint density at radius 2 is 2.11 bits per heavy atom. The quantitative estimate of drug-likeness (QED) is 0.782. The fraction of sp³-hybridized carbons (Fsp3) is 0.500. The lowest BCUT2D eigenvalue weighted by Gasteiger charge is -2.21. The molecule has 0 saturated carbocycles. The number of nitrogens with two attached hydrogens (primary N) is 1. The predicted octanol–water partition coefficient (Wildman–Crippen LogP) is 0.534. The standard InChI is InChI=1S/C12H17N5OS/c1-8(12(18)17-4-2-3-5-17)16-10-7-14-9(6-15-10)11(13)19/h6-8H,2-5H2,1H3,(H2,13,19)(H,15,16). The summed E-state index contributed by atoms with van der Waals surface area (Å²) in [4.78, 5) is 22.4. The molecule has 0 radical (unpaired) electrons. The number of likely N-dealkylation sites (tertiary alicyclic amines) is 1. The number of aromatic nitrogens is 2. The molecule has 1 unspecified atom stereocenters. The lowest BCUT2D eigenvalue weighted by atomic mass is 10.3. The molecule has 1 atom stereocenters. The van der Waals surface area contributed by atoms with Crippen LogP contribution in [0.3, 0.4) is 0 Å². The van der Waals surface area contributed by atoms with Gasteiger partial charge in [-0.1, -0.05) is 12.2 Å². The second-order valence-corrected chi connectivity index (χ2v) is 4.99. The topological polar surface area (TPSA) is 84.1 Å². The molecule has 1 aromatic heterocycles. The minimum absolute atomic E-state index is 0.0951. The van der Waals surface area contributed by atoms with Gasteiger partial charge in [0.2, 0.25) is 5.91 Å². The molecule has 1 aliphatic heterocycles. The maximum atomic E-state index is 12.1. The van der Waals surface area contributed by atoms with Crippen molar-refractivity contribution in [1.82, 2.24) is 14.9 Å². The number of amides is 1. The van der Waals surface area contributed by atoms with Crippen LogP contribution in [0.25, 0.3) is 0 Å². The molecule has 102 valence electrons. The number of carbonyl (C=O) groups is 1. The molecular formula is C12H17N5OS. The van der Waals surface area contributed by atoms with Gasteiger partial charge in [0.05, 0.1) is 12.4 Å². The van der Waals surface area contributed by atoms with Gasteiger partial charge in [-0.3, -0.25) is 4.79 Å². The first kappa shape index (κ1) is 13.7. The fourth-order valence-electron chi connectivity index (χ4n) is 2.02. The van der Waals surface area contributed by atoms with E-state index in [9.17, 15) is 4.79 Å². The summed E-state index contributed by atoms with van der Waals surface area (Å²) in [7, 11) is 0. The Bertz CT molecular complexity index is 470. The predicted molar refractivity (Wildman–Crippen MR) is 76.8 cm³/mol. The molecule has 0 aromatic carbocycles. The largest absolute Gasteiger partial charge is 0.388 e. The lowest BCUT2D eigenvalue weighted by Crippen LogP contribution is -2.39. The van der Waals surface area contributed by atoms with E-state index in [1.165, 1.54) is 12.4 Å². The Kier molecular flexibility index (Phi) is 4.26. The van der Waals surface area contributed by atoms with E-state index in [2.05, 4.69) is 15.3 Å². The fourth-order valence-corrected chi connectivity index (χ4v) is 2.13. The van der Waals surface area contributed by atoms with Crippen molar-refractivity contribution in [1.29, 1.82) is 0 Å². The van der Waals surface area contributed by atoms with Gasteiger partial charge in [0.25, 0.3) is 0 Å². The number of thiocarbonyl (C=S) groups is 1. The summed E-state index contributed by atoms with van der Waals surface area (Å²) in [5.74, 6) is 0.637. The highest BCUT2D eigenvalue weighted by Gasteiger charge is 2.23. The van der Waals surface area contributed by atoms with Crippen molar-refractivity contribution < 1.29 is 4.79 Å². The maximum Gasteiger partial charge on any atom is 0.244 e. The van der Waals surface area contributed by atoms with Crippen LogP contribution in [0.1, 0.15) is 25.5 Å². The van der Waals surface area contributed by atoms with Crippen molar-refractivity contribution in [3.05, 3.63) is 18.1 Å². The van der Waals surface area contributed by atoms with Crippen LogP contribution >= 0.6 is 12.2 Å². The first-order valence-electron chi connectivity index (χ1n) is 6.25. The summed E-state index contributed by atoms with van der Waals surface area (Å²) in [6, 6.07) is -0.317. The minimum atomic E-state index is -0.317. The molecule has 19 heavy (non-hydrogen) atoms. The van der Waals surface area contributed by atoms with E-state index in [4.69, 9.17) is 18.0 Å². The Balaban J connectivity index is 1.96. The van der Waals surface area contributed by atoms with Gasteiger partial charge < -0.3 is 16.0 Å².